The molecule has 0 saturated carbocycles. The third-order valence-corrected chi connectivity index (χ3v) is 5.24. The molecule has 0 aliphatic rings. The zero-order chi connectivity index (χ0) is 18.9. The number of para-hydroxylation sites is 2. The van der Waals surface area contributed by atoms with Crippen LogP contribution in [0.25, 0.3) is 11.0 Å². The van der Waals surface area contributed by atoms with Crippen LogP contribution in [0.1, 0.15) is 16.2 Å². The van der Waals surface area contributed by atoms with Gasteiger partial charge in [-0.2, -0.15) is 0 Å². The molecule has 0 unspecified atom stereocenters. The number of carbonyl (C=O) groups is 1. The van der Waals surface area contributed by atoms with Gasteiger partial charge in [0.2, 0.25) is 9.84 Å². The van der Waals surface area contributed by atoms with Crippen molar-refractivity contribution in [3.05, 3.63) is 70.2 Å². The molecule has 0 amide bonds. The molecule has 26 heavy (non-hydrogen) atoms. The maximum atomic E-state index is 12.7. The molecular formula is C16H13N3O6S. The highest BCUT2D eigenvalue weighted by atomic mass is 32.2. The first kappa shape index (κ1) is 17.5. The predicted molar refractivity (Wildman–Crippen MR) is 90.5 cm³/mol. The summed E-state index contributed by atoms with van der Waals surface area (Å²) < 4.78 is 30.2. The maximum absolute atomic E-state index is 12.7. The van der Waals surface area contributed by atoms with Gasteiger partial charge in [-0.3, -0.25) is 0 Å². The molecule has 134 valence electrons. The van der Waals surface area contributed by atoms with Crippen LogP contribution in [-0.4, -0.2) is 31.2 Å². The number of sulfone groups is 1. The van der Waals surface area contributed by atoms with E-state index in [0.717, 1.165) is 7.11 Å². The molecule has 0 aliphatic heterocycles. The SMILES string of the molecule is COC(=O)c1c(CS(=O)(=O)c2ccccn2)n([O-])c2ccccc2[n+]1=O. The lowest BCUT2D eigenvalue weighted by Gasteiger charge is -2.18. The molecule has 0 aliphatic carbocycles. The number of fused-ring (bicyclic) bond motifs is 1. The fourth-order valence-corrected chi connectivity index (χ4v) is 3.77. The van der Waals surface area contributed by atoms with Gasteiger partial charge in [-0.15, -0.1) is 0 Å². The van der Waals surface area contributed by atoms with Gasteiger partial charge in [-0.05, 0) is 18.2 Å². The lowest BCUT2D eigenvalue weighted by molar-refractivity contribution is -0.469. The first-order valence-electron chi connectivity index (χ1n) is 7.35. The summed E-state index contributed by atoms with van der Waals surface area (Å²) in [7, 11) is -3.05. The number of benzene rings is 1. The molecule has 0 N–H and O–H groups in total. The third-order valence-electron chi connectivity index (χ3n) is 3.70. The normalized spacial score (nSPS) is 11.4. The molecule has 9 nitrogen and oxygen atoms in total. The smallest absolute Gasteiger partial charge is 0.410 e. The molecule has 0 radical (unpaired) electrons. The van der Waals surface area contributed by atoms with Crippen LogP contribution in [0.5, 0.6) is 0 Å². The fraction of sp³-hybridized carbons (Fsp3) is 0.125. The topological polar surface area (TPSA) is 124 Å². The average molecular weight is 375 g/mol. The van der Waals surface area contributed by atoms with Crippen LogP contribution < -0.4 is 4.43 Å². The van der Waals surface area contributed by atoms with E-state index in [-0.39, 0.29) is 25.2 Å². The quantitative estimate of drug-likeness (QED) is 0.493. The summed E-state index contributed by atoms with van der Waals surface area (Å²) >= 11 is 0. The van der Waals surface area contributed by atoms with Gasteiger partial charge in [0.05, 0.1) is 11.5 Å². The predicted octanol–water partition coefficient (Wildman–Crippen LogP) is 1.06. The molecule has 2 heterocycles. The summed E-state index contributed by atoms with van der Waals surface area (Å²) in [5.41, 5.74) is -1.36. The van der Waals surface area contributed by atoms with Gasteiger partial charge in [0, 0.05) is 17.2 Å². The molecule has 10 heteroatoms. The summed E-state index contributed by atoms with van der Waals surface area (Å²) in [6.45, 7) is 0. The van der Waals surface area contributed by atoms with Crippen molar-refractivity contribution < 1.29 is 22.4 Å². The standard InChI is InChI=1S/C16H13N3O6S/c1-25-16(20)15-13(10-26(23,24)14-8-4-5-9-17-14)18(21)11-6-2-3-7-12(11)19(15)22/h2-9H,10H2,1H3. The Morgan fingerprint density at radius 1 is 1.23 bits per heavy atom. The fourth-order valence-electron chi connectivity index (χ4n) is 2.50. The van der Waals surface area contributed by atoms with Crippen LogP contribution in [0.15, 0.2) is 53.7 Å². The number of rotatable bonds is 4. The van der Waals surface area contributed by atoms with Crippen molar-refractivity contribution in [3.63, 3.8) is 0 Å². The van der Waals surface area contributed by atoms with Crippen molar-refractivity contribution in [3.8, 4) is 0 Å². The summed E-state index contributed by atoms with van der Waals surface area (Å²) in [6.07, 6.45) is 1.29. The second-order valence-corrected chi connectivity index (χ2v) is 7.23. The van der Waals surface area contributed by atoms with Crippen molar-refractivity contribution in [2.24, 2.45) is 0 Å². The minimum absolute atomic E-state index is 0.0682. The zero-order valence-corrected chi connectivity index (χ0v) is 14.3. The molecule has 0 atom stereocenters. The van der Waals surface area contributed by atoms with E-state index < -0.39 is 32.9 Å². The Hall–Kier alpha value is -3.27. The third kappa shape index (κ3) is 2.90. The van der Waals surface area contributed by atoms with Crippen molar-refractivity contribution >= 4 is 26.8 Å². The Bertz CT molecular complexity index is 1160. The van der Waals surface area contributed by atoms with Crippen LogP contribution in [-0.2, 0) is 20.3 Å². The van der Waals surface area contributed by atoms with E-state index >= 15 is 0 Å². The first-order valence-corrected chi connectivity index (χ1v) is 9.01. The van der Waals surface area contributed by atoms with Crippen molar-refractivity contribution in [1.82, 2.24) is 9.71 Å². The average Bonchev–Trinajstić information content (AvgIpc) is 2.66. The van der Waals surface area contributed by atoms with Crippen molar-refractivity contribution in [2.75, 3.05) is 7.11 Å². The van der Waals surface area contributed by atoms with E-state index in [1.54, 1.807) is 0 Å². The Labute approximate surface area is 147 Å². The molecule has 0 fully saturated rings. The van der Waals surface area contributed by atoms with E-state index in [4.69, 9.17) is 0 Å². The second kappa shape index (κ2) is 6.56. The largest absolute Gasteiger partial charge is 0.805 e. The lowest BCUT2D eigenvalue weighted by atomic mass is 10.2. The van der Waals surface area contributed by atoms with Gasteiger partial charge >= 0.3 is 11.7 Å². The lowest BCUT2D eigenvalue weighted by Crippen LogP contribution is -2.33. The Balaban J connectivity index is 2.30. The minimum Gasteiger partial charge on any atom is -0.805 e. The van der Waals surface area contributed by atoms with E-state index in [0.29, 0.717) is 0 Å². The highest BCUT2D eigenvalue weighted by molar-refractivity contribution is 7.90. The number of esters is 1. The number of pyridine rings is 1. The van der Waals surface area contributed by atoms with Crippen LogP contribution in [0.3, 0.4) is 0 Å². The maximum Gasteiger partial charge on any atom is 0.410 e. The molecule has 3 rings (SSSR count). The van der Waals surface area contributed by atoms with E-state index in [1.807, 2.05) is 0 Å². The highest BCUT2D eigenvalue weighted by Crippen LogP contribution is 2.20. The highest BCUT2D eigenvalue weighted by Gasteiger charge is 2.33. The van der Waals surface area contributed by atoms with Gasteiger partial charge < -0.3 is 14.7 Å². The number of hydrogen-bond donors (Lipinski definition) is 0. The number of methoxy groups -OCH3 is 1. The van der Waals surface area contributed by atoms with E-state index in [1.165, 1.54) is 48.7 Å². The molecular weight excluding hydrogens is 362 g/mol. The summed E-state index contributed by atoms with van der Waals surface area (Å²) in [5.74, 6) is -1.99. The first-order chi connectivity index (χ1) is 12.4. The van der Waals surface area contributed by atoms with Crippen LogP contribution >= 0.6 is 0 Å². The van der Waals surface area contributed by atoms with E-state index in [9.17, 15) is 23.3 Å². The van der Waals surface area contributed by atoms with Crippen molar-refractivity contribution in [1.29, 1.82) is 0 Å². The number of aromatic nitrogens is 3. The van der Waals surface area contributed by atoms with Gasteiger partial charge in [0.15, 0.2) is 5.03 Å². The van der Waals surface area contributed by atoms with Gasteiger partial charge in [0.25, 0.3) is 5.52 Å². The Kier molecular flexibility index (Phi) is 4.43. The number of ether oxygens (including phenoxy) is 1. The molecule has 3 aromatic rings. The monoisotopic (exact) mass is 375 g/mol. The number of nitrogens with zero attached hydrogens (tertiary/aromatic N) is 3. The van der Waals surface area contributed by atoms with Crippen LogP contribution in [0.4, 0.5) is 0 Å². The Morgan fingerprint density at radius 2 is 1.92 bits per heavy atom. The van der Waals surface area contributed by atoms with Gasteiger partial charge in [-0.1, -0.05) is 18.2 Å². The summed E-state index contributed by atoms with van der Waals surface area (Å²) in [4.78, 5) is 28.4. The molecule has 1 aromatic carbocycles. The minimum atomic E-state index is -4.08. The molecule has 0 spiro atoms. The molecule has 2 aromatic heterocycles. The van der Waals surface area contributed by atoms with Gasteiger partial charge in [0.1, 0.15) is 17.0 Å². The van der Waals surface area contributed by atoms with Crippen LogP contribution in [0, 0.1) is 10.1 Å². The molecule has 0 saturated heterocycles. The van der Waals surface area contributed by atoms with Crippen molar-refractivity contribution in [2.45, 2.75) is 10.8 Å². The van der Waals surface area contributed by atoms with Crippen LogP contribution in [0.2, 0.25) is 0 Å². The summed E-state index contributed by atoms with van der Waals surface area (Å²) in [5, 5.41) is 12.4. The zero-order valence-electron chi connectivity index (χ0n) is 13.5. The number of carbonyl (C=O) groups excluding carboxylic acids is 1. The van der Waals surface area contributed by atoms with E-state index in [2.05, 4.69) is 9.72 Å². The molecule has 0 bridgehead atoms. The number of hydrogen-bond acceptors (Lipinski definition) is 7. The summed E-state index contributed by atoms with van der Waals surface area (Å²) in [6, 6.07) is 10.0. The Morgan fingerprint density at radius 3 is 2.58 bits per heavy atom. The van der Waals surface area contributed by atoms with Gasteiger partial charge in [-0.25, -0.2) is 18.2 Å². The second-order valence-electron chi connectivity index (χ2n) is 5.29.